The van der Waals surface area contributed by atoms with Crippen molar-refractivity contribution >= 4 is 17.3 Å². The quantitative estimate of drug-likeness (QED) is 0.618. The van der Waals surface area contributed by atoms with Gasteiger partial charge in [-0.3, -0.25) is 14.9 Å². The van der Waals surface area contributed by atoms with Crippen LogP contribution in [-0.4, -0.2) is 28.0 Å². The summed E-state index contributed by atoms with van der Waals surface area (Å²) in [5.41, 5.74) is 0.315. The van der Waals surface area contributed by atoms with Crippen LogP contribution in [0.5, 0.6) is 0 Å². The van der Waals surface area contributed by atoms with E-state index in [4.69, 9.17) is 4.52 Å². The second-order valence-electron chi connectivity index (χ2n) is 4.84. The molecule has 0 aliphatic carbocycles. The Bertz CT molecular complexity index is 728. The Morgan fingerprint density at radius 2 is 2.22 bits per heavy atom. The highest BCUT2D eigenvalue weighted by Crippen LogP contribution is 2.29. The minimum atomic E-state index is -0.539. The van der Waals surface area contributed by atoms with Gasteiger partial charge >= 0.3 is 0 Å². The summed E-state index contributed by atoms with van der Waals surface area (Å²) in [5, 5.41) is 20.6. The number of amides is 1. The van der Waals surface area contributed by atoms with Gasteiger partial charge in [0.2, 0.25) is 5.89 Å². The Labute approximate surface area is 132 Å². The van der Waals surface area contributed by atoms with E-state index in [0.29, 0.717) is 18.1 Å². The number of hydrogen-bond acceptors (Lipinski definition) is 7. The van der Waals surface area contributed by atoms with Gasteiger partial charge in [-0.15, -0.1) is 0 Å². The monoisotopic (exact) mass is 319 g/mol. The number of benzene rings is 1. The number of nitro benzene ring substituents is 1. The SMILES string of the molecule is CCC(Nc1ccc(C(=O)NC)cc1[N+](=O)[O-])c1noc(C)n1. The van der Waals surface area contributed by atoms with Crippen LogP contribution in [0.4, 0.5) is 11.4 Å². The van der Waals surface area contributed by atoms with Gasteiger partial charge in [0.05, 0.1) is 11.0 Å². The number of hydrogen-bond donors (Lipinski definition) is 2. The first-order chi connectivity index (χ1) is 11.0. The zero-order valence-electron chi connectivity index (χ0n) is 13.0. The first-order valence-corrected chi connectivity index (χ1v) is 7.03. The van der Waals surface area contributed by atoms with Gasteiger partial charge in [-0.2, -0.15) is 4.98 Å². The molecule has 0 saturated carbocycles. The van der Waals surface area contributed by atoms with Gasteiger partial charge in [-0.25, -0.2) is 0 Å². The predicted octanol–water partition coefficient (Wildman–Crippen LogP) is 2.21. The fourth-order valence-corrected chi connectivity index (χ4v) is 2.08. The van der Waals surface area contributed by atoms with Crippen LogP contribution in [-0.2, 0) is 0 Å². The minimum Gasteiger partial charge on any atom is -0.369 e. The molecule has 1 aromatic heterocycles. The highest BCUT2D eigenvalue weighted by Gasteiger charge is 2.22. The Morgan fingerprint density at radius 1 is 1.48 bits per heavy atom. The van der Waals surface area contributed by atoms with E-state index < -0.39 is 4.92 Å². The van der Waals surface area contributed by atoms with Crippen LogP contribution in [0.25, 0.3) is 0 Å². The van der Waals surface area contributed by atoms with Crippen molar-refractivity contribution in [3.8, 4) is 0 Å². The van der Waals surface area contributed by atoms with Crippen molar-refractivity contribution in [1.29, 1.82) is 0 Å². The van der Waals surface area contributed by atoms with E-state index in [-0.39, 0.29) is 28.9 Å². The first-order valence-electron chi connectivity index (χ1n) is 7.03. The standard InChI is InChI=1S/C14H17N5O4/c1-4-10(13-16-8(2)23-18-13)17-11-6-5-9(14(20)15-3)7-12(11)19(21)22/h5-7,10,17H,4H2,1-3H3,(H,15,20). The second-order valence-corrected chi connectivity index (χ2v) is 4.84. The third kappa shape index (κ3) is 3.62. The molecule has 1 heterocycles. The summed E-state index contributed by atoms with van der Waals surface area (Å²) in [5.74, 6) is 0.458. The Morgan fingerprint density at radius 3 is 2.74 bits per heavy atom. The molecule has 1 unspecified atom stereocenters. The van der Waals surface area contributed by atoms with E-state index in [0.717, 1.165) is 0 Å². The zero-order valence-corrected chi connectivity index (χ0v) is 13.0. The van der Waals surface area contributed by atoms with Gasteiger partial charge < -0.3 is 15.2 Å². The molecule has 0 radical (unpaired) electrons. The van der Waals surface area contributed by atoms with E-state index in [1.54, 1.807) is 6.92 Å². The topological polar surface area (TPSA) is 123 Å². The summed E-state index contributed by atoms with van der Waals surface area (Å²) < 4.78 is 4.94. The molecule has 0 fully saturated rings. The number of nitrogens with zero attached hydrogens (tertiary/aromatic N) is 3. The molecule has 2 N–H and O–H groups in total. The predicted molar refractivity (Wildman–Crippen MR) is 82.2 cm³/mol. The fraction of sp³-hybridized carbons (Fsp3) is 0.357. The van der Waals surface area contributed by atoms with Crippen LogP contribution in [0.3, 0.4) is 0 Å². The molecular weight excluding hydrogens is 302 g/mol. The lowest BCUT2D eigenvalue weighted by atomic mass is 10.1. The number of nitrogens with one attached hydrogen (secondary N) is 2. The van der Waals surface area contributed by atoms with Gasteiger partial charge in [0.25, 0.3) is 11.6 Å². The number of carbonyl (C=O) groups excluding carboxylic acids is 1. The van der Waals surface area contributed by atoms with E-state index >= 15 is 0 Å². The van der Waals surface area contributed by atoms with E-state index in [1.165, 1.54) is 25.2 Å². The summed E-state index contributed by atoms with van der Waals surface area (Å²) in [4.78, 5) is 26.5. The van der Waals surface area contributed by atoms with Crippen molar-refractivity contribution in [2.75, 3.05) is 12.4 Å². The van der Waals surface area contributed by atoms with Gasteiger partial charge in [-0.05, 0) is 18.6 Å². The van der Waals surface area contributed by atoms with Gasteiger partial charge in [0.1, 0.15) is 5.69 Å². The van der Waals surface area contributed by atoms with Crippen LogP contribution in [0.15, 0.2) is 22.7 Å². The van der Waals surface area contributed by atoms with Crippen molar-refractivity contribution in [2.24, 2.45) is 0 Å². The van der Waals surface area contributed by atoms with Crippen LogP contribution >= 0.6 is 0 Å². The van der Waals surface area contributed by atoms with Gasteiger partial charge in [0.15, 0.2) is 5.82 Å². The van der Waals surface area contributed by atoms with Crippen LogP contribution in [0.2, 0.25) is 0 Å². The Hall–Kier alpha value is -2.97. The molecule has 122 valence electrons. The Kier molecular flexibility index (Phi) is 4.89. The molecule has 2 rings (SSSR count). The van der Waals surface area contributed by atoms with E-state index in [9.17, 15) is 14.9 Å². The maximum Gasteiger partial charge on any atom is 0.293 e. The zero-order chi connectivity index (χ0) is 17.0. The number of rotatable bonds is 6. The van der Waals surface area contributed by atoms with E-state index in [2.05, 4.69) is 20.8 Å². The molecule has 23 heavy (non-hydrogen) atoms. The Balaban J connectivity index is 2.34. The maximum atomic E-state index is 11.6. The molecule has 0 spiro atoms. The smallest absolute Gasteiger partial charge is 0.293 e. The summed E-state index contributed by atoms with van der Waals surface area (Å²) >= 11 is 0. The molecule has 0 aliphatic heterocycles. The lowest BCUT2D eigenvalue weighted by Gasteiger charge is -2.15. The number of aryl methyl sites for hydroxylation is 1. The highest BCUT2D eigenvalue weighted by molar-refractivity contribution is 5.95. The molecule has 9 nitrogen and oxygen atoms in total. The summed E-state index contributed by atoms with van der Waals surface area (Å²) in [6.07, 6.45) is 0.604. The van der Waals surface area contributed by atoms with Crippen molar-refractivity contribution in [2.45, 2.75) is 26.3 Å². The fourth-order valence-electron chi connectivity index (χ4n) is 2.08. The summed E-state index contributed by atoms with van der Waals surface area (Å²) in [6.45, 7) is 3.57. The third-order valence-corrected chi connectivity index (χ3v) is 3.28. The third-order valence-electron chi connectivity index (χ3n) is 3.28. The first kappa shape index (κ1) is 16.4. The molecular formula is C14H17N5O4. The molecule has 2 aromatic rings. The average molecular weight is 319 g/mol. The minimum absolute atomic E-state index is 0.190. The maximum absolute atomic E-state index is 11.6. The van der Waals surface area contributed by atoms with Crippen molar-refractivity contribution < 1.29 is 14.2 Å². The van der Waals surface area contributed by atoms with E-state index in [1.807, 2.05) is 6.92 Å². The summed E-state index contributed by atoms with van der Waals surface area (Å²) in [6, 6.07) is 3.91. The van der Waals surface area contributed by atoms with Crippen molar-refractivity contribution in [3.05, 3.63) is 45.6 Å². The van der Waals surface area contributed by atoms with Crippen LogP contribution < -0.4 is 10.6 Å². The highest BCUT2D eigenvalue weighted by atomic mass is 16.6. The normalized spacial score (nSPS) is 11.8. The lowest BCUT2D eigenvalue weighted by molar-refractivity contribution is -0.384. The average Bonchev–Trinajstić information content (AvgIpc) is 2.97. The number of carbonyl (C=O) groups is 1. The molecule has 0 aliphatic rings. The molecule has 9 heteroatoms. The molecule has 1 atom stereocenters. The molecule has 0 bridgehead atoms. The largest absolute Gasteiger partial charge is 0.369 e. The molecule has 0 saturated heterocycles. The van der Waals surface area contributed by atoms with Crippen molar-refractivity contribution in [1.82, 2.24) is 15.5 Å². The molecule has 1 aromatic carbocycles. The van der Waals surface area contributed by atoms with Crippen LogP contribution in [0, 0.1) is 17.0 Å². The molecule has 1 amide bonds. The van der Waals surface area contributed by atoms with Gasteiger partial charge in [-0.1, -0.05) is 12.1 Å². The number of nitro groups is 1. The second kappa shape index (κ2) is 6.86. The van der Waals surface area contributed by atoms with Crippen molar-refractivity contribution in [3.63, 3.8) is 0 Å². The van der Waals surface area contributed by atoms with Crippen LogP contribution in [0.1, 0.15) is 41.5 Å². The van der Waals surface area contributed by atoms with Gasteiger partial charge in [0, 0.05) is 25.6 Å². The lowest BCUT2D eigenvalue weighted by Crippen LogP contribution is -2.18. The summed E-state index contributed by atoms with van der Waals surface area (Å²) in [7, 11) is 1.46. The number of anilines is 1. The number of aromatic nitrogens is 2.